The van der Waals surface area contributed by atoms with Gasteiger partial charge in [0.2, 0.25) is 18.6 Å². The van der Waals surface area contributed by atoms with Crippen LogP contribution in [0.4, 0.5) is 0 Å². The van der Waals surface area contributed by atoms with Crippen molar-refractivity contribution < 1.29 is 19.1 Å². The summed E-state index contributed by atoms with van der Waals surface area (Å²) in [7, 11) is 0. The monoisotopic (exact) mass is 367 g/mol. The first kappa shape index (κ1) is 17.3. The van der Waals surface area contributed by atoms with Gasteiger partial charge in [-0.25, -0.2) is 0 Å². The normalized spacial score (nSPS) is 17.6. The van der Waals surface area contributed by atoms with Gasteiger partial charge >= 0.3 is 0 Å². The van der Waals surface area contributed by atoms with Crippen molar-refractivity contribution >= 4 is 11.8 Å². The lowest BCUT2D eigenvalue weighted by atomic mass is 10.1. The zero-order valence-electron chi connectivity index (χ0n) is 14.9. The second-order valence-electron chi connectivity index (χ2n) is 6.80. The molecule has 0 radical (unpaired) electrons. The molecule has 2 aromatic rings. The second kappa shape index (κ2) is 7.65. The number of hydrogen-bond acceptors (Lipinski definition) is 5. The van der Waals surface area contributed by atoms with Crippen LogP contribution in [-0.4, -0.2) is 41.1 Å². The maximum atomic E-state index is 13.0. The van der Waals surface area contributed by atoms with Crippen molar-refractivity contribution in [1.82, 2.24) is 15.2 Å². The molecule has 2 aliphatic rings. The van der Waals surface area contributed by atoms with Gasteiger partial charge < -0.3 is 19.7 Å². The molecule has 0 saturated carbocycles. The molecule has 7 nitrogen and oxygen atoms in total. The Morgan fingerprint density at radius 2 is 2.11 bits per heavy atom. The summed E-state index contributed by atoms with van der Waals surface area (Å²) in [6.07, 6.45) is 4.99. The van der Waals surface area contributed by atoms with Gasteiger partial charge in [-0.2, -0.15) is 0 Å². The molecule has 2 amide bonds. The lowest BCUT2D eigenvalue weighted by Gasteiger charge is -2.26. The van der Waals surface area contributed by atoms with Crippen LogP contribution >= 0.6 is 0 Å². The molecule has 4 rings (SSSR count). The average molecular weight is 367 g/mol. The number of carbonyl (C=O) groups excluding carboxylic acids is 2. The van der Waals surface area contributed by atoms with Gasteiger partial charge in [-0.05, 0) is 35.7 Å². The number of rotatable bonds is 6. The summed E-state index contributed by atoms with van der Waals surface area (Å²) in [4.78, 5) is 30.4. The van der Waals surface area contributed by atoms with Gasteiger partial charge in [0.25, 0.3) is 0 Å². The summed E-state index contributed by atoms with van der Waals surface area (Å²) < 4.78 is 10.7. The third-order valence-corrected chi connectivity index (χ3v) is 4.77. The summed E-state index contributed by atoms with van der Waals surface area (Å²) in [5.74, 6) is 1.41. The van der Waals surface area contributed by atoms with Crippen LogP contribution in [0.15, 0.2) is 42.7 Å². The molecule has 3 heterocycles. The molecule has 27 heavy (non-hydrogen) atoms. The lowest BCUT2D eigenvalue weighted by Crippen LogP contribution is -2.42. The molecule has 0 aliphatic carbocycles. The molecule has 140 valence electrons. The largest absolute Gasteiger partial charge is 0.454 e. The van der Waals surface area contributed by atoms with Crippen molar-refractivity contribution in [3.05, 3.63) is 53.9 Å². The number of nitrogens with one attached hydrogen (secondary N) is 1. The number of pyridine rings is 1. The third-order valence-electron chi connectivity index (χ3n) is 4.77. The first-order valence-corrected chi connectivity index (χ1v) is 9.02. The van der Waals surface area contributed by atoms with E-state index >= 15 is 0 Å². The molecule has 1 atom stereocenters. The van der Waals surface area contributed by atoms with Crippen molar-refractivity contribution in [2.75, 3.05) is 13.3 Å². The van der Waals surface area contributed by atoms with Gasteiger partial charge in [0.05, 0.1) is 6.42 Å². The Balaban J connectivity index is 1.48. The van der Waals surface area contributed by atoms with Crippen LogP contribution < -0.4 is 14.8 Å². The van der Waals surface area contributed by atoms with E-state index < -0.39 is 0 Å². The number of ether oxygens (including phenoxy) is 2. The van der Waals surface area contributed by atoms with Crippen molar-refractivity contribution in [2.45, 2.75) is 31.8 Å². The number of nitrogens with zero attached hydrogens (tertiary/aromatic N) is 2. The van der Waals surface area contributed by atoms with E-state index in [1.54, 1.807) is 17.3 Å². The molecule has 7 heteroatoms. The summed E-state index contributed by atoms with van der Waals surface area (Å²) in [6.45, 7) is 1.16. The molecule has 1 aromatic heterocycles. The Morgan fingerprint density at radius 3 is 2.89 bits per heavy atom. The minimum atomic E-state index is -0.00475. The van der Waals surface area contributed by atoms with E-state index in [2.05, 4.69) is 10.3 Å². The fourth-order valence-electron chi connectivity index (χ4n) is 3.38. The maximum absolute atomic E-state index is 13.0. The molecule has 2 aliphatic heterocycles. The van der Waals surface area contributed by atoms with E-state index in [1.165, 1.54) is 0 Å². The SMILES string of the molecule is O=C1CC[C@@H](CN(Cc2cccnc2)C(=O)Cc2ccc3c(c2)OCO3)N1. The molecule has 1 saturated heterocycles. The summed E-state index contributed by atoms with van der Waals surface area (Å²) in [5, 5.41) is 2.94. The van der Waals surface area contributed by atoms with Gasteiger partial charge in [-0.3, -0.25) is 14.6 Å². The molecule has 0 spiro atoms. The summed E-state index contributed by atoms with van der Waals surface area (Å²) >= 11 is 0. The molecule has 1 fully saturated rings. The van der Waals surface area contributed by atoms with Crippen molar-refractivity contribution in [1.29, 1.82) is 0 Å². The number of amides is 2. The number of fused-ring (bicyclic) bond motifs is 1. The molecule has 0 unspecified atom stereocenters. The summed E-state index contributed by atoms with van der Waals surface area (Å²) in [6, 6.07) is 9.35. The van der Waals surface area contributed by atoms with Crippen molar-refractivity contribution in [2.24, 2.45) is 0 Å². The quantitative estimate of drug-likeness (QED) is 0.840. The third kappa shape index (κ3) is 4.19. The van der Waals surface area contributed by atoms with E-state index in [9.17, 15) is 9.59 Å². The minimum Gasteiger partial charge on any atom is -0.454 e. The van der Waals surface area contributed by atoms with Crippen LogP contribution in [0.2, 0.25) is 0 Å². The molecular weight excluding hydrogens is 346 g/mol. The van der Waals surface area contributed by atoms with E-state index in [0.717, 1.165) is 17.5 Å². The Morgan fingerprint density at radius 1 is 1.22 bits per heavy atom. The lowest BCUT2D eigenvalue weighted by molar-refractivity contribution is -0.131. The second-order valence-corrected chi connectivity index (χ2v) is 6.80. The predicted molar refractivity (Wildman–Crippen MR) is 97.1 cm³/mol. The van der Waals surface area contributed by atoms with Crippen LogP contribution in [0.3, 0.4) is 0 Å². The van der Waals surface area contributed by atoms with E-state index in [-0.39, 0.29) is 31.1 Å². The first-order valence-electron chi connectivity index (χ1n) is 9.02. The van der Waals surface area contributed by atoms with Crippen molar-refractivity contribution in [3.8, 4) is 11.5 Å². The van der Waals surface area contributed by atoms with Crippen molar-refractivity contribution in [3.63, 3.8) is 0 Å². The highest BCUT2D eigenvalue weighted by Gasteiger charge is 2.26. The van der Waals surface area contributed by atoms with E-state index in [0.29, 0.717) is 31.0 Å². The van der Waals surface area contributed by atoms with E-state index in [1.807, 2.05) is 30.3 Å². The zero-order valence-corrected chi connectivity index (χ0v) is 14.9. The van der Waals surface area contributed by atoms with Gasteiger partial charge in [0.1, 0.15) is 0 Å². The van der Waals surface area contributed by atoms with Crippen LogP contribution in [-0.2, 0) is 22.6 Å². The smallest absolute Gasteiger partial charge is 0.231 e. The highest BCUT2D eigenvalue weighted by Crippen LogP contribution is 2.32. The fourth-order valence-corrected chi connectivity index (χ4v) is 3.38. The number of aromatic nitrogens is 1. The number of carbonyl (C=O) groups is 2. The zero-order chi connectivity index (χ0) is 18.6. The van der Waals surface area contributed by atoms with Crippen LogP contribution in [0.5, 0.6) is 11.5 Å². The van der Waals surface area contributed by atoms with Gasteiger partial charge in [0.15, 0.2) is 11.5 Å². The van der Waals surface area contributed by atoms with Crippen LogP contribution in [0, 0.1) is 0 Å². The van der Waals surface area contributed by atoms with E-state index in [4.69, 9.17) is 9.47 Å². The van der Waals surface area contributed by atoms with Gasteiger partial charge in [-0.15, -0.1) is 0 Å². The Bertz CT molecular complexity index is 840. The molecule has 1 aromatic carbocycles. The molecule has 1 N–H and O–H groups in total. The molecule has 0 bridgehead atoms. The fraction of sp³-hybridized carbons (Fsp3) is 0.350. The Hall–Kier alpha value is -3.09. The highest BCUT2D eigenvalue weighted by atomic mass is 16.7. The number of benzene rings is 1. The van der Waals surface area contributed by atoms with Gasteiger partial charge in [-0.1, -0.05) is 12.1 Å². The van der Waals surface area contributed by atoms with Crippen LogP contribution in [0.25, 0.3) is 0 Å². The van der Waals surface area contributed by atoms with Crippen LogP contribution in [0.1, 0.15) is 24.0 Å². The molecular formula is C20H21N3O4. The topological polar surface area (TPSA) is 80.8 Å². The predicted octanol–water partition coefficient (Wildman–Crippen LogP) is 1.66. The average Bonchev–Trinajstić information content (AvgIpc) is 3.30. The summed E-state index contributed by atoms with van der Waals surface area (Å²) in [5.41, 5.74) is 1.83. The van der Waals surface area contributed by atoms with Gasteiger partial charge in [0, 0.05) is 37.9 Å². The number of hydrogen-bond donors (Lipinski definition) is 1. The first-order chi connectivity index (χ1) is 13.2. The standard InChI is InChI=1S/C20H21N3O4/c24-19-6-4-16(22-19)12-23(11-15-2-1-7-21-10-15)20(25)9-14-3-5-17-18(8-14)27-13-26-17/h1-3,5,7-8,10,16H,4,6,9,11-13H2,(H,22,24)/t16-/m0/s1. The maximum Gasteiger partial charge on any atom is 0.231 e. The Labute approximate surface area is 157 Å². The Kier molecular flexibility index (Phi) is 4.91. The highest BCUT2D eigenvalue weighted by molar-refractivity contribution is 5.80. The minimum absolute atomic E-state index is 0.00105.